The highest BCUT2D eigenvalue weighted by molar-refractivity contribution is 5.93. The molecule has 24 heavy (non-hydrogen) atoms. The molecule has 0 bridgehead atoms. The third-order valence-electron chi connectivity index (χ3n) is 4.20. The van der Waals surface area contributed by atoms with Crippen molar-refractivity contribution in [2.45, 2.75) is 13.3 Å². The minimum atomic E-state index is -0.374. The van der Waals surface area contributed by atoms with Gasteiger partial charge in [0.05, 0.1) is 23.7 Å². The maximum absolute atomic E-state index is 11.0. The first-order valence-corrected chi connectivity index (χ1v) is 8.23. The lowest BCUT2D eigenvalue weighted by atomic mass is 10.1. The molecule has 1 aliphatic rings. The van der Waals surface area contributed by atoms with Gasteiger partial charge in [0.15, 0.2) is 0 Å². The molecule has 128 valence electrons. The van der Waals surface area contributed by atoms with Crippen LogP contribution in [0.25, 0.3) is 10.9 Å². The van der Waals surface area contributed by atoms with Crippen LogP contribution < -0.4 is 5.32 Å². The van der Waals surface area contributed by atoms with Crippen molar-refractivity contribution in [3.8, 4) is 0 Å². The second kappa shape index (κ2) is 7.55. The number of pyridine rings is 1. The zero-order chi connectivity index (χ0) is 16.9. The average molecular weight is 330 g/mol. The number of nitro benzene ring substituents is 1. The number of nitrogens with zero attached hydrogens (tertiary/aromatic N) is 3. The lowest BCUT2D eigenvalue weighted by Gasteiger charge is -2.26. The summed E-state index contributed by atoms with van der Waals surface area (Å²) in [5, 5.41) is 15.2. The van der Waals surface area contributed by atoms with Crippen molar-refractivity contribution in [3.05, 3.63) is 40.1 Å². The number of morpholine rings is 1. The van der Waals surface area contributed by atoms with Crippen LogP contribution in [0.5, 0.6) is 0 Å². The third kappa shape index (κ3) is 3.98. The standard InChI is InChI=1S/C17H22N4O3/c1-13-11-17(18-5-2-6-20-7-9-24-10-8-20)15-12-14(21(22)23)3-4-16(15)19-13/h3-4,11-12H,2,5-10H2,1H3,(H,18,19). The van der Waals surface area contributed by atoms with Crippen LogP contribution >= 0.6 is 0 Å². The van der Waals surface area contributed by atoms with Gasteiger partial charge >= 0.3 is 0 Å². The molecule has 1 N–H and O–H groups in total. The van der Waals surface area contributed by atoms with Crippen LogP contribution in [0, 0.1) is 17.0 Å². The largest absolute Gasteiger partial charge is 0.384 e. The van der Waals surface area contributed by atoms with Gasteiger partial charge in [0.25, 0.3) is 5.69 Å². The number of aryl methyl sites for hydroxylation is 1. The minimum absolute atomic E-state index is 0.0875. The summed E-state index contributed by atoms with van der Waals surface area (Å²) in [5.74, 6) is 0. The Bertz CT molecular complexity index is 729. The fraction of sp³-hybridized carbons (Fsp3) is 0.471. The highest BCUT2D eigenvalue weighted by atomic mass is 16.6. The fourth-order valence-corrected chi connectivity index (χ4v) is 2.96. The highest BCUT2D eigenvalue weighted by Gasteiger charge is 2.12. The number of hydrogen-bond donors (Lipinski definition) is 1. The molecule has 7 heteroatoms. The van der Waals surface area contributed by atoms with Crippen molar-refractivity contribution in [2.75, 3.05) is 44.7 Å². The van der Waals surface area contributed by atoms with Gasteiger partial charge < -0.3 is 10.1 Å². The monoisotopic (exact) mass is 330 g/mol. The average Bonchev–Trinajstić information content (AvgIpc) is 2.59. The molecule has 0 unspecified atom stereocenters. The van der Waals surface area contributed by atoms with Crippen molar-refractivity contribution in [1.29, 1.82) is 0 Å². The van der Waals surface area contributed by atoms with Crippen LogP contribution in [0.1, 0.15) is 12.1 Å². The minimum Gasteiger partial charge on any atom is -0.384 e. The molecule has 0 aliphatic carbocycles. The molecular formula is C17H22N4O3. The molecule has 0 atom stereocenters. The maximum atomic E-state index is 11.0. The van der Waals surface area contributed by atoms with Crippen molar-refractivity contribution in [3.63, 3.8) is 0 Å². The van der Waals surface area contributed by atoms with E-state index < -0.39 is 0 Å². The van der Waals surface area contributed by atoms with E-state index in [1.807, 2.05) is 13.0 Å². The number of non-ortho nitro benzene ring substituents is 1. The van der Waals surface area contributed by atoms with Crippen LogP contribution in [0.3, 0.4) is 0 Å². The lowest BCUT2D eigenvalue weighted by molar-refractivity contribution is -0.384. The zero-order valence-corrected chi connectivity index (χ0v) is 13.8. The van der Waals surface area contributed by atoms with E-state index >= 15 is 0 Å². The first-order chi connectivity index (χ1) is 11.6. The van der Waals surface area contributed by atoms with Gasteiger partial charge in [-0.25, -0.2) is 0 Å². The van der Waals surface area contributed by atoms with Crippen molar-refractivity contribution in [2.24, 2.45) is 0 Å². The Morgan fingerprint density at radius 3 is 2.88 bits per heavy atom. The molecule has 1 aromatic heterocycles. The molecule has 0 spiro atoms. The number of nitrogens with one attached hydrogen (secondary N) is 1. The van der Waals surface area contributed by atoms with E-state index in [4.69, 9.17) is 4.74 Å². The number of hydrogen-bond acceptors (Lipinski definition) is 6. The quantitative estimate of drug-likeness (QED) is 0.498. The molecule has 1 fully saturated rings. The Morgan fingerprint density at radius 2 is 2.12 bits per heavy atom. The molecule has 1 saturated heterocycles. The number of nitro groups is 1. The van der Waals surface area contributed by atoms with E-state index in [0.29, 0.717) is 0 Å². The molecule has 7 nitrogen and oxygen atoms in total. The van der Waals surface area contributed by atoms with Gasteiger partial charge in [-0.1, -0.05) is 0 Å². The number of benzene rings is 1. The van der Waals surface area contributed by atoms with Gasteiger partial charge in [-0.15, -0.1) is 0 Å². The van der Waals surface area contributed by atoms with Crippen molar-refractivity contribution >= 4 is 22.3 Å². The number of fused-ring (bicyclic) bond motifs is 1. The van der Waals surface area contributed by atoms with Gasteiger partial charge in [-0.2, -0.15) is 0 Å². The second-order valence-electron chi connectivity index (χ2n) is 6.00. The zero-order valence-electron chi connectivity index (χ0n) is 13.8. The predicted octanol–water partition coefficient (Wildman–Crippen LogP) is 2.59. The van der Waals surface area contributed by atoms with Crippen LogP contribution in [0.4, 0.5) is 11.4 Å². The highest BCUT2D eigenvalue weighted by Crippen LogP contribution is 2.27. The van der Waals surface area contributed by atoms with E-state index in [1.54, 1.807) is 12.1 Å². The number of rotatable bonds is 6. The Hall–Kier alpha value is -2.25. The van der Waals surface area contributed by atoms with Crippen LogP contribution in [0.15, 0.2) is 24.3 Å². The summed E-state index contributed by atoms with van der Waals surface area (Å²) in [4.78, 5) is 17.5. The van der Waals surface area contributed by atoms with E-state index in [0.717, 1.165) is 68.1 Å². The molecule has 1 aromatic carbocycles. The molecule has 2 heterocycles. The van der Waals surface area contributed by atoms with Crippen LogP contribution in [0.2, 0.25) is 0 Å². The normalized spacial score (nSPS) is 15.5. The first-order valence-electron chi connectivity index (χ1n) is 8.23. The van der Waals surface area contributed by atoms with E-state index in [-0.39, 0.29) is 10.6 Å². The molecule has 0 amide bonds. The molecular weight excluding hydrogens is 308 g/mol. The molecule has 0 radical (unpaired) electrons. The second-order valence-corrected chi connectivity index (χ2v) is 6.00. The summed E-state index contributed by atoms with van der Waals surface area (Å²) < 4.78 is 5.35. The number of ether oxygens (including phenoxy) is 1. The van der Waals surface area contributed by atoms with E-state index in [9.17, 15) is 10.1 Å². The SMILES string of the molecule is Cc1cc(NCCCN2CCOCC2)c2cc([N+](=O)[O-])ccc2n1. The molecule has 0 saturated carbocycles. The van der Waals surface area contributed by atoms with Crippen LogP contribution in [-0.4, -0.2) is 54.2 Å². The summed E-state index contributed by atoms with van der Waals surface area (Å²) >= 11 is 0. The molecule has 2 aromatic rings. The summed E-state index contributed by atoms with van der Waals surface area (Å²) in [5.41, 5.74) is 2.66. The lowest BCUT2D eigenvalue weighted by Crippen LogP contribution is -2.37. The molecule has 3 rings (SSSR count). The Labute approximate surface area is 140 Å². The van der Waals surface area contributed by atoms with E-state index in [1.165, 1.54) is 6.07 Å². The van der Waals surface area contributed by atoms with Gasteiger partial charge in [-0.3, -0.25) is 20.0 Å². The number of anilines is 1. The van der Waals surface area contributed by atoms with Crippen LogP contribution in [-0.2, 0) is 4.74 Å². The summed E-state index contributed by atoms with van der Waals surface area (Å²) in [6.45, 7) is 7.38. The Balaban J connectivity index is 1.68. The maximum Gasteiger partial charge on any atom is 0.270 e. The first kappa shape index (κ1) is 16.6. The smallest absolute Gasteiger partial charge is 0.270 e. The third-order valence-corrected chi connectivity index (χ3v) is 4.20. The fourth-order valence-electron chi connectivity index (χ4n) is 2.96. The van der Waals surface area contributed by atoms with Crippen molar-refractivity contribution < 1.29 is 9.66 Å². The van der Waals surface area contributed by atoms with Gasteiger partial charge in [-0.05, 0) is 32.0 Å². The van der Waals surface area contributed by atoms with Crippen molar-refractivity contribution in [1.82, 2.24) is 9.88 Å². The summed E-state index contributed by atoms with van der Waals surface area (Å²) in [6, 6.07) is 6.74. The Kier molecular flexibility index (Phi) is 5.22. The summed E-state index contributed by atoms with van der Waals surface area (Å²) in [7, 11) is 0. The van der Waals surface area contributed by atoms with Gasteiger partial charge in [0.1, 0.15) is 0 Å². The topological polar surface area (TPSA) is 80.5 Å². The molecule has 1 aliphatic heterocycles. The van der Waals surface area contributed by atoms with Gasteiger partial charge in [0.2, 0.25) is 0 Å². The summed E-state index contributed by atoms with van der Waals surface area (Å²) in [6.07, 6.45) is 1.01. The number of aromatic nitrogens is 1. The van der Waals surface area contributed by atoms with Gasteiger partial charge in [0, 0.05) is 48.5 Å². The predicted molar refractivity (Wildman–Crippen MR) is 93.5 cm³/mol. The Morgan fingerprint density at radius 1 is 1.33 bits per heavy atom. The van der Waals surface area contributed by atoms with E-state index in [2.05, 4.69) is 15.2 Å².